The van der Waals surface area contributed by atoms with Crippen LogP contribution in [0.1, 0.15) is 161 Å². The number of ether oxygens (including phenoxy) is 1. The monoisotopic (exact) mass is 465 g/mol. The molecule has 0 aromatic rings. The Hall–Kier alpha value is -1.06. The molecule has 0 bridgehead atoms. The van der Waals surface area contributed by atoms with E-state index in [0.717, 1.165) is 12.8 Å². The maximum absolute atomic E-state index is 11.8. The van der Waals surface area contributed by atoms with Gasteiger partial charge in [-0.05, 0) is 12.8 Å². The van der Waals surface area contributed by atoms with E-state index in [0.29, 0.717) is 19.4 Å². The second-order valence-corrected chi connectivity index (χ2v) is 10.3. The summed E-state index contributed by atoms with van der Waals surface area (Å²) in [4.78, 5) is 22.9. The Kier molecular flexibility index (Phi) is 20.6. The van der Waals surface area contributed by atoms with Crippen LogP contribution in [0.15, 0.2) is 0 Å². The van der Waals surface area contributed by atoms with Gasteiger partial charge in [-0.1, -0.05) is 142 Å². The summed E-state index contributed by atoms with van der Waals surface area (Å²) in [6.07, 6.45) is 31.3. The Morgan fingerprint density at radius 2 is 1.03 bits per heavy atom. The fourth-order valence-electron chi connectivity index (χ4n) is 4.78. The van der Waals surface area contributed by atoms with Crippen LogP contribution in [0.25, 0.3) is 0 Å². The highest BCUT2D eigenvalue weighted by molar-refractivity contribution is 5.87. The minimum Gasteiger partial charge on any atom is -0.464 e. The number of hydrogen-bond donors (Lipinski definition) is 1. The summed E-state index contributed by atoms with van der Waals surface area (Å²) < 4.78 is 5.26. The molecule has 1 heterocycles. The molecule has 4 nitrogen and oxygen atoms in total. The first-order chi connectivity index (χ1) is 16.2. The van der Waals surface area contributed by atoms with Gasteiger partial charge in [0.05, 0.1) is 6.61 Å². The number of hydrogen-bond acceptors (Lipinski definition) is 3. The van der Waals surface area contributed by atoms with Crippen molar-refractivity contribution in [3.8, 4) is 0 Å². The Bertz CT molecular complexity index is 466. The molecule has 1 aliphatic heterocycles. The van der Waals surface area contributed by atoms with Gasteiger partial charge in [0.15, 0.2) is 0 Å². The third kappa shape index (κ3) is 19.0. The Balaban J connectivity index is 1.67. The third-order valence-corrected chi connectivity index (χ3v) is 7.02. The molecule has 0 radical (unpaired) electrons. The number of unbranched alkanes of at least 4 members (excludes halogenated alkanes) is 21. The van der Waals surface area contributed by atoms with Crippen LogP contribution in [0.5, 0.6) is 0 Å². The lowest BCUT2D eigenvalue weighted by atomic mass is 10.0. The summed E-state index contributed by atoms with van der Waals surface area (Å²) in [6, 6.07) is -0.405. The molecule has 0 unspecified atom stereocenters. The number of rotatable bonds is 24. The van der Waals surface area contributed by atoms with Crippen molar-refractivity contribution in [2.45, 2.75) is 167 Å². The Morgan fingerprint density at radius 3 is 1.36 bits per heavy atom. The zero-order chi connectivity index (χ0) is 23.8. The van der Waals surface area contributed by atoms with E-state index in [1.54, 1.807) is 0 Å². The van der Waals surface area contributed by atoms with Gasteiger partial charge >= 0.3 is 5.97 Å². The molecule has 0 aromatic carbocycles. The van der Waals surface area contributed by atoms with Crippen molar-refractivity contribution in [3.63, 3.8) is 0 Å². The fourth-order valence-corrected chi connectivity index (χ4v) is 4.78. The molecule has 0 spiro atoms. The van der Waals surface area contributed by atoms with Crippen LogP contribution in [0.3, 0.4) is 0 Å². The van der Waals surface area contributed by atoms with E-state index in [-0.39, 0.29) is 11.9 Å². The molecule has 0 aromatic heterocycles. The second-order valence-electron chi connectivity index (χ2n) is 10.3. The molecule has 1 atom stereocenters. The highest BCUT2D eigenvalue weighted by Gasteiger charge is 2.28. The normalized spacial score (nSPS) is 15.7. The smallest absolute Gasteiger partial charge is 0.328 e. The Morgan fingerprint density at radius 1 is 0.667 bits per heavy atom. The molecule has 1 fully saturated rings. The van der Waals surface area contributed by atoms with Gasteiger partial charge in [-0.25, -0.2) is 4.79 Å². The molecular formula is C29H55NO3. The van der Waals surface area contributed by atoms with Crippen LogP contribution in [-0.4, -0.2) is 24.5 Å². The third-order valence-electron chi connectivity index (χ3n) is 7.02. The lowest BCUT2D eigenvalue weighted by molar-refractivity contribution is -0.146. The van der Waals surface area contributed by atoms with Crippen LogP contribution in [0.2, 0.25) is 0 Å². The van der Waals surface area contributed by atoms with Crippen LogP contribution in [0.4, 0.5) is 0 Å². The molecule has 0 saturated carbocycles. The summed E-state index contributed by atoms with van der Waals surface area (Å²) in [6.45, 7) is 2.78. The average Bonchev–Trinajstić information content (AvgIpc) is 3.26. The molecule has 33 heavy (non-hydrogen) atoms. The number of amides is 1. The van der Waals surface area contributed by atoms with E-state index in [2.05, 4.69) is 12.2 Å². The van der Waals surface area contributed by atoms with Gasteiger partial charge in [-0.2, -0.15) is 0 Å². The molecule has 194 valence electrons. The summed E-state index contributed by atoms with van der Waals surface area (Å²) in [5, 5.41) is 2.66. The largest absolute Gasteiger partial charge is 0.464 e. The highest BCUT2D eigenvalue weighted by atomic mass is 16.5. The number of carbonyl (C=O) groups excluding carboxylic acids is 2. The molecule has 0 aliphatic carbocycles. The van der Waals surface area contributed by atoms with Crippen LogP contribution < -0.4 is 5.32 Å². The van der Waals surface area contributed by atoms with Crippen molar-refractivity contribution < 1.29 is 14.3 Å². The van der Waals surface area contributed by atoms with E-state index in [1.165, 1.54) is 128 Å². The van der Waals surface area contributed by atoms with Crippen molar-refractivity contribution >= 4 is 11.9 Å². The van der Waals surface area contributed by atoms with Crippen molar-refractivity contribution in [2.24, 2.45) is 0 Å². The standard InChI is InChI=1S/C29H55NO3/c1-2-3-4-5-6-7-8-9-10-11-12-13-14-15-16-17-18-19-20-21-22-23-26-33-29(32)27-24-25-28(31)30-27/h27H,2-26H2,1H3,(H,30,31)/t27-/m0/s1. The number of carbonyl (C=O) groups is 2. The fraction of sp³-hybridized carbons (Fsp3) is 0.931. The highest BCUT2D eigenvalue weighted by Crippen LogP contribution is 2.15. The predicted molar refractivity (Wildman–Crippen MR) is 139 cm³/mol. The molecule has 1 saturated heterocycles. The van der Waals surface area contributed by atoms with E-state index >= 15 is 0 Å². The van der Waals surface area contributed by atoms with Crippen molar-refractivity contribution in [1.29, 1.82) is 0 Å². The lowest BCUT2D eigenvalue weighted by Crippen LogP contribution is -2.34. The van der Waals surface area contributed by atoms with Crippen molar-refractivity contribution in [3.05, 3.63) is 0 Å². The summed E-state index contributed by atoms with van der Waals surface area (Å²) in [5.41, 5.74) is 0. The van der Waals surface area contributed by atoms with Gasteiger partial charge in [-0.15, -0.1) is 0 Å². The van der Waals surface area contributed by atoms with E-state index < -0.39 is 6.04 Å². The Labute approximate surface area is 205 Å². The van der Waals surface area contributed by atoms with Crippen LogP contribution in [0, 0.1) is 0 Å². The van der Waals surface area contributed by atoms with Crippen LogP contribution >= 0.6 is 0 Å². The maximum Gasteiger partial charge on any atom is 0.328 e. The summed E-state index contributed by atoms with van der Waals surface area (Å²) >= 11 is 0. The first kappa shape index (κ1) is 30.0. The van der Waals surface area contributed by atoms with Gasteiger partial charge in [0.2, 0.25) is 5.91 Å². The molecule has 4 heteroatoms. The molecule has 1 amide bonds. The maximum atomic E-state index is 11.8. The van der Waals surface area contributed by atoms with Gasteiger partial charge in [0, 0.05) is 6.42 Å². The average molecular weight is 466 g/mol. The summed E-state index contributed by atoms with van der Waals surface area (Å²) in [7, 11) is 0. The molecule has 1 N–H and O–H groups in total. The first-order valence-corrected chi connectivity index (χ1v) is 14.7. The molecule has 1 aliphatic rings. The van der Waals surface area contributed by atoms with Gasteiger partial charge in [0.25, 0.3) is 0 Å². The SMILES string of the molecule is CCCCCCCCCCCCCCCCCCCCCCCCOC(=O)[C@@H]1CCC(=O)N1. The quantitative estimate of drug-likeness (QED) is 0.115. The predicted octanol–water partition coefficient (Wildman–Crippen LogP) is 8.41. The van der Waals surface area contributed by atoms with Gasteiger partial charge < -0.3 is 10.1 Å². The van der Waals surface area contributed by atoms with E-state index in [4.69, 9.17) is 4.74 Å². The van der Waals surface area contributed by atoms with Gasteiger partial charge in [-0.3, -0.25) is 4.79 Å². The topological polar surface area (TPSA) is 55.4 Å². The van der Waals surface area contributed by atoms with Crippen molar-refractivity contribution in [2.75, 3.05) is 6.61 Å². The second kappa shape index (κ2) is 22.7. The zero-order valence-electron chi connectivity index (χ0n) is 22.0. The van der Waals surface area contributed by atoms with E-state index in [1.807, 2.05) is 0 Å². The molecular weight excluding hydrogens is 410 g/mol. The lowest BCUT2D eigenvalue weighted by Gasteiger charge is -2.09. The minimum atomic E-state index is -0.405. The molecule has 1 rings (SSSR count). The number of nitrogens with one attached hydrogen (secondary N) is 1. The zero-order valence-corrected chi connectivity index (χ0v) is 22.0. The first-order valence-electron chi connectivity index (χ1n) is 14.7. The number of esters is 1. The van der Waals surface area contributed by atoms with E-state index in [9.17, 15) is 9.59 Å². The van der Waals surface area contributed by atoms with Crippen LogP contribution in [-0.2, 0) is 14.3 Å². The minimum absolute atomic E-state index is 0.0405. The van der Waals surface area contributed by atoms with Crippen molar-refractivity contribution in [1.82, 2.24) is 5.32 Å². The van der Waals surface area contributed by atoms with Gasteiger partial charge in [0.1, 0.15) is 6.04 Å². The summed E-state index contributed by atoms with van der Waals surface area (Å²) in [5.74, 6) is -0.300.